The smallest absolute Gasteiger partial charge is 0.282 e. The van der Waals surface area contributed by atoms with Crippen LogP contribution in [0.2, 0.25) is 0 Å². The number of anilines is 1. The van der Waals surface area contributed by atoms with Crippen molar-refractivity contribution < 1.29 is 13.5 Å². The fourth-order valence-corrected chi connectivity index (χ4v) is 7.00. The van der Waals surface area contributed by atoms with Crippen LogP contribution in [0.25, 0.3) is 22.3 Å². The van der Waals surface area contributed by atoms with Gasteiger partial charge in [-0.2, -0.15) is 17.6 Å². The molecule has 0 amide bonds. The third kappa shape index (κ3) is 6.52. The van der Waals surface area contributed by atoms with Crippen molar-refractivity contribution in [2.75, 3.05) is 31.9 Å². The molecular weight excluding hydrogens is 564 g/mol. The van der Waals surface area contributed by atoms with Gasteiger partial charge in [0.1, 0.15) is 17.8 Å². The predicted molar refractivity (Wildman–Crippen MR) is 169 cm³/mol. The number of benzene rings is 1. The highest BCUT2D eigenvalue weighted by Gasteiger charge is 2.41. The minimum atomic E-state index is -3.86. The molecule has 230 valence electrons. The number of nitrogens with zero attached hydrogens (tertiary/aromatic N) is 5. The zero-order valence-electron chi connectivity index (χ0n) is 25.0. The molecule has 4 atom stereocenters. The molecule has 1 aliphatic carbocycles. The van der Waals surface area contributed by atoms with Gasteiger partial charge in [0.05, 0.1) is 28.1 Å². The Kier molecular flexibility index (Phi) is 9.60. The highest BCUT2D eigenvalue weighted by molar-refractivity contribution is 7.89. The molecule has 3 aromatic heterocycles. The summed E-state index contributed by atoms with van der Waals surface area (Å²) in [6, 6.07) is 9.59. The minimum absolute atomic E-state index is 0.0785. The lowest BCUT2D eigenvalue weighted by Crippen LogP contribution is -2.29. The molecule has 5 rings (SSSR count). The zero-order valence-corrected chi connectivity index (χ0v) is 25.8. The van der Waals surface area contributed by atoms with Gasteiger partial charge in [0.25, 0.3) is 10.0 Å². The van der Waals surface area contributed by atoms with E-state index < -0.39 is 16.1 Å². The molecule has 1 aromatic carbocycles. The molecule has 1 aliphatic rings. The van der Waals surface area contributed by atoms with Crippen molar-refractivity contribution in [2.45, 2.75) is 57.1 Å². The summed E-state index contributed by atoms with van der Waals surface area (Å²) in [5.41, 5.74) is 9.37. The Balaban J connectivity index is 1.30. The van der Waals surface area contributed by atoms with E-state index in [0.717, 1.165) is 49.5 Å². The summed E-state index contributed by atoms with van der Waals surface area (Å²) in [6.45, 7) is 10.0. The maximum Gasteiger partial charge on any atom is 0.282 e. The summed E-state index contributed by atoms with van der Waals surface area (Å²) in [5, 5.41) is 23.4. The summed E-state index contributed by atoms with van der Waals surface area (Å²) in [7, 11) is -3.86. The first kappa shape index (κ1) is 30.9. The molecular formula is C31H42N8O3S. The van der Waals surface area contributed by atoms with Crippen LogP contribution in [0.5, 0.6) is 0 Å². The van der Waals surface area contributed by atoms with Crippen LogP contribution >= 0.6 is 0 Å². The second-order valence-electron chi connectivity index (χ2n) is 11.4. The number of fused-ring (bicyclic) bond motifs is 1. The van der Waals surface area contributed by atoms with Crippen LogP contribution < -0.4 is 16.4 Å². The van der Waals surface area contributed by atoms with E-state index in [9.17, 15) is 13.5 Å². The summed E-state index contributed by atoms with van der Waals surface area (Å²) in [6.07, 6.45) is 9.15. The van der Waals surface area contributed by atoms with Gasteiger partial charge in [-0.3, -0.25) is 0 Å². The van der Waals surface area contributed by atoms with Gasteiger partial charge in [-0.25, -0.2) is 9.97 Å². The van der Waals surface area contributed by atoms with Gasteiger partial charge in [-0.1, -0.05) is 36.8 Å². The average molecular weight is 607 g/mol. The Labute approximate surface area is 253 Å². The van der Waals surface area contributed by atoms with Crippen LogP contribution in [-0.2, 0) is 10.0 Å². The van der Waals surface area contributed by atoms with E-state index in [1.54, 1.807) is 24.3 Å². The molecule has 0 spiro atoms. The largest absolute Gasteiger partial charge is 0.391 e. The first-order valence-corrected chi connectivity index (χ1v) is 16.3. The number of allylic oxidation sites excluding steroid dienone is 1. The third-order valence-electron chi connectivity index (χ3n) is 8.65. The Hall–Kier alpha value is -3.58. The van der Waals surface area contributed by atoms with E-state index in [4.69, 9.17) is 5.73 Å². The molecule has 0 radical (unpaired) electrons. The standard InChI is InChI=1S/C31H42N8O3S/c1-4-21(2)11-15-33-13-8-14-34-18-23-17-27(29(40)22(23)3)38-19-25(28-30(32)35-20-36-31(28)38)26-12-16-39(37-26)43(41,42)24-9-6-5-7-10-24/h4-7,9-10,12,16,19-20,22-23,27,29,33-34,40H,8,11,13-15,17-18H2,1-3H3,(H2,32,35,36)/b21-4+/t22-,23-,27-,29-/m1/s1. The molecule has 0 unspecified atom stereocenters. The number of nitrogen functional groups attached to an aromatic ring is 1. The number of nitrogens with two attached hydrogens (primary N) is 1. The Morgan fingerprint density at radius 2 is 1.91 bits per heavy atom. The monoisotopic (exact) mass is 606 g/mol. The average Bonchev–Trinajstić information content (AvgIpc) is 3.72. The number of aliphatic hydroxyl groups excluding tert-OH is 1. The molecule has 0 bridgehead atoms. The second kappa shape index (κ2) is 13.4. The second-order valence-corrected chi connectivity index (χ2v) is 13.2. The number of rotatable bonds is 13. The van der Waals surface area contributed by atoms with Crippen molar-refractivity contribution in [3.8, 4) is 11.3 Å². The summed E-state index contributed by atoms with van der Waals surface area (Å²) in [4.78, 5) is 8.87. The number of hydrogen-bond donors (Lipinski definition) is 4. The fraction of sp³-hybridized carbons (Fsp3) is 0.452. The molecule has 3 heterocycles. The van der Waals surface area contributed by atoms with Gasteiger partial charge in [0.15, 0.2) is 0 Å². The molecule has 11 nitrogen and oxygen atoms in total. The summed E-state index contributed by atoms with van der Waals surface area (Å²) >= 11 is 0. The van der Waals surface area contributed by atoms with Gasteiger partial charge in [-0.05, 0) is 89.3 Å². The van der Waals surface area contributed by atoms with E-state index in [0.29, 0.717) is 22.3 Å². The normalized spacial score (nSPS) is 21.2. The Bertz CT molecular complexity index is 1660. The van der Waals surface area contributed by atoms with Crippen molar-refractivity contribution in [1.29, 1.82) is 0 Å². The van der Waals surface area contributed by atoms with Gasteiger partial charge >= 0.3 is 0 Å². The van der Waals surface area contributed by atoms with E-state index in [-0.39, 0.29) is 28.6 Å². The topological polar surface area (TPSA) is 153 Å². The predicted octanol–water partition coefficient (Wildman–Crippen LogP) is 3.60. The number of hydrogen-bond acceptors (Lipinski definition) is 9. The minimum Gasteiger partial charge on any atom is -0.391 e. The fourth-order valence-electron chi connectivity index (χ4n) is 5.86. The Morgan fingerprint density at radius 3 is 2.67 bits per heavy atom. The van der Waals surface area contributed by atoms with Crippen LogP contribution in [0.3, 0.4) is 0 Å². The van der Waals surface area contributed by atoms with Gasteiger partial charge in [0, 0.05) is 18.0 Å². The van der Waals surface area contributed by atoms with Crippen LogP contribution in [0.15, 0.2) is 71.7 Å². The van der Waals surface area contributed by atoms with Crippen LogP contribution in [0.1, 0.15) is 46.1 Å². The maximum atomic E-state index is 13.1. The summed E-state index contributed by atoms with van der Waals surface area (Å²) in [5.74, 6) is 0.628. The molecule has 12 heteroatoms. The highest BCUT2D eigenvalue weighted by Crippen LogP contribution is 2.43. The maximum absolute atomic E-state index is 13.1. The van der Waals surface area contributed by atoms with Crippen molar-refractivity contribution in [3.05, 3.63) is 66.8 Å². The lowest BCUT2D eigenvalue weighted by Gasteiger charge is -2.20. The molecule has 4 aromatic rings. The van der Waals surface area contributed by atoms with Gasteiger partial charge in [-0.15, -0.1) is 0 Å². The third-order valence-corrected chi connectivity index (χ3v) is 10.2. The van der Waals surface area contributed by atoms with Crippen LogP contribution in [-0.4, -0.2) is 69.5 Å². The van der Waals surface area contributed by atoms with E-state index in [2.05, 4.69) is 52.5 Å². The van der Waals surface area contributed by atoms with Crippen LogP contribution in [0, 0.1) is 11.8 Å². The molecule has 43 heavy (non-hydrogen) atoms. The van der Waals surface area contributed by atoms with Crippen molar-refractivity contribution in [2.24, 2.45) is 11.8 Å². The van der Waals surface area contributed by atoms with Crippen molar-refractivity contribution >= 4 is 26.9 Å². The molecule has 0 aliphatic heterocycles. The number of aromatic nitrogens is 5. The SMILES string of the molecule is C/C=C(\C)CCNCCCNC[C@H]1C[C@@H](n2cc(-c3ccn(S(=O)(=O)c4ccccc4)n3)c3c(N)ncnc32)[C@H](O)[C@@H]1C. The lowest BCUT2D eigenvalue weighted by atomic mass is 9.97. The quantitative estimate of drug-likeness (QED) is 0.132. The van der Waals surface area contributed by atoms with Crippen molar-refractivity contribution in [1.82, 2.24) is 34.4 Å². The van der Waals surface area contributed by atoms with Crippen LogP contribution in [0.4, 0.5) is 5.82 Å². The van der Waals surface area contributed by atoms with Gasteiger partial charge in [0.2, 0.25) is 0 Å². The zero-order chi connectivity index (χ0) is 30.6. The molecule has 5 N–H and O–H groups in total. The number of aliphatic hydroxyl groups is 1. The van der Waals surface area contributed by atoms with E-state index >= 15 is 0 Å². The molecule has 1 fully saturated rings. The van der Waals surface area contributed by atoms with Crippen molar-refractivity contribution in [3.63, 3.8) is 0 Å². The Morgan fingerprint density at radius 1 is 1.14 bits per heavy atom. The highest BCUT2D eigenvalue weighted by atomic mass is 32.2. The van der Waals surface area contributed by atoms with Gasteiger partial charge < -0.3 is 26.0 Å². The van der Waals surface area contributed by atoms with E-state index in [1.807, 2.05) is 10.8 Å². The molecule has 0 saturated heterocycles. The van der Waals surface area contributed by atoms with E-state index in [1.165, 1.54) is 30.2 Å². The first-order chi connectivity index (χ1) is 20.7. The summed E-state index contributed by atoms with van der Waals surface area (Å²) < 4.78 is 29.2. The molecule has 1 saturated carbocycles. The first-order valence-electron chi connectivity index (χ1n) is 14.9. The lowest BCUT2D eigenvalue weighted by molar-refractivity contribution is 0.0956. The number of nitrogens with one attached hydrogen (secondary N) is 2.